The van der Waals surface area contributed by atoms with E-state index in [1.807, 2.05) is 0 Å². The molecule has 14 aliphatic heterocycles. The minimum Gasteiger partial charge on any atom is -0.381 e. The predicted molar refractivity (Wildman–Crippen MR) is 325 cm³/mol. The minimum atomic E-state index is 0.306. The van der Waals surface area contributed by atoms with Crippen LogP contribution in [0.2, 0.25) is 0 Å². The van der Waals surface area contributed by atoms with Gasteiger partial charge in [-0.25, -0.2) is 0 Å². The van der Waals surface area contributed by atoms with Crippen molar-refractivity contribution in [3.05, 3.63) is 0 Å². The first-order valence-electron chi connectivity index (χ1n) is 34.5. The SMILES string of the molecule is C1CC2(C1)CNC2.C1CC2(C1)CNC2.C1CC2(C1)CNC2.C1CC2(CN1)COCN2.C1CC2(CNC2)N1.C1CCC2(C1)CNC2.C1CCC2(CC2)OC1.C1CNC2(C1)CNC2.C1COC2(C1)CCNCC2.C1COCC2(C1)CCC2. The average Bonchev–Trinajstić information content (AvgIpc) is 4.08. The van der Waals surface area contributed by atoms with Crippen LogP contribution >= 0.6 is 0 Å². The van der Waals surface area contributed by atoms with Gasteiger partial charge in [0.15, 0.2) is 0 Å². The minimum absolute atomic E-state index is 0.306. The van der Waals surface area contributed by atoms with Crippen molar-refractivity contribution in [1.29, 1.82) is 0 Å². The molecule has 0 aromatic heterocycles. The van der Waals surface area contributed by atoms with E-state index in [0.29, 0.717) is 33.2 Å². The van der Waals surface area contributed by atoms with Gasteiger partial charge in [-0.1, -0.05) is 38.5 Å². The second-order valence-corrected chi connectivity index (χ2v) is 30.4. The Hall–Kier alpha value is -0.600. The maximum atomic E-state index is 5.74. The Kier molecular flexibility index (Phi) is 21.4. The summed E-state index contributed by atoms with van der Waals surface area (Å²) in [6.45, 7) is 28.0. The Morgan fingerprint density at radius 1 is 0.225 bits per heavy atom. The zero-order valence-electron chi connectivity index (χ0n) is 51.0. The molecule has 1 atom stereocenters. The zero-order valence-corrected chi connectivity index (χ0v) is 51.0. The molecule has 6 aliphatic carbocycles. The molecule has 0 bridgehead atoms. The highest BCUT2D eigenvalue weighted by molar-refractivity contribution is 5.07. The maximum Gasteiger partial charge on any atom is 0.0971 e. The van der Waals surface area contributed by atoms with E-state index in [-0.39, 0.29) is 0 Å². The fourth-order valence-electron chi connectivity index (χ4n) is 16.3. The van der Waals surface area contributed by atoms with Gasteiger partial charge in [-0.05, 0) is 220 Å². The Bertz CT molecular complexity index is 1570. The number of nitrogens with one attached hydrogen (secondary N) is 11. The number of hydrogen-bond acceptors (Lipinski definition) is 15. The maximum absolute atomic E-state index is 5.74. The Morgan fingerprint density at radius 2 is 0.650 bits per heavy atom. The summed E-state index contributed by atoms with van der Waals surface area (Å²) in [6, 6.07) is 0. The molecule has 20 aliphatic rings. The lowest BCUT2D eigenvalue weighted by atomic mass is 9.65. The van der Waals surface area contributed by atoms with Crippen molar-refractivity contribution in [3.8, 4) is 0 Å². The largest absolute Gasteiger partial charge is 0.381 e. The number of piperidine rings is 1. The summed E-state index contributed by atoms with van der Waals surface area (Å²) in [7, 11) is 0. The highest BCUT2D eigenvalue weighted by atomic mass is 16.5. The van der Waals surface area contributed by atoms with Gasteiger partial charge in [0.05, 0.1) is 36.7 Å². The molecule has 0 aromatic rings. The molecule has 15 heteroatoms. The molecule has 0 aromatic carbocycles. The second-order valence-electron chi connectivity index (χ2n) is 30.4. The van der Waals surface area contributed by atoms with Crippen LogP contribution < -0.4 is 58.5 Å². The summed E-state index contributed by atoms with van der Waals surface area (Å²) >= 11 is 0. The van der Waals surface area contributed by atoms with E-state index in [0.717, 1.165) is 87.6 Å². The van der Waals surface area contributed by atoms with E-state index in [9.17, 15) is 0 Å². The average molecular weight is 1120 g/mol. The molecular formula is C65H121N11O4. The van der Waals surface area contributed by atoms with Crippen molar-refractivity contribution in [2.45, 2.75) is 227 Å². The quantitative estimate of drug-likeness (QED) is 0.130. The van der Waals surface area contributed by atoms with Crippen LogP contribution in [0.5, 0.6) is 0 Å². The van der Waals surface area contributed by atoms with Crippen molar-refractivity contribution in [1.82, 2.24) is 58.5 Å². The molecule has 20 rings (SSSR count). The van der Waals surface area contributed by atoms with Crippen molar-refractivity contribution in [2.24, 2.45) is 27.1 Å². The molecule has 460 valence electrons. The lowest BCUT2D eigenvalue weighted by Crippen LogP contribution is -2.74. The van der Waals surface area contributed by atoms with E-state index in [4.69, 9.17) is 18.9 Å². The van der Waals surface area contributed by atoms with Gasteiger partial charge in [-0.3, -0.25) is 5.32 Å². The number of hydrogen-bond donors (Lipinski definition) is 11. The first-order valence-corrected chi connectivity index (χ1v) is 34.5. The van der Waals surface area contributed by atoms with E-state index >= 15 is 0 Å². The van der Waals surface area contributed by atoms with Gasteiger partial charge >= 0.3 is 0 Å². The third-order valence-corrected chi connectivity index (χ3v) is 24.1. The Labute approximate surface area is 487 Å². The second kappa shape index (κ2) is 28.0. The van der Waals surface area contributed by atoms with Gasteiger partial charge < -0.3 is 72.1 Å². The molecule has 20 fully saturated rings. The summed E-state index contributed by atoms with van der Waals surface area (Å²) in [5.41, 5.74) is 6.17. The van der Waals surface area contributed by atoms with Crippen LogP contribution in [0.1, 0.15) is 199 Å². The van der Waals surface area contributed by atoms with Gasteiger partial charge in [0.2, 0.25) is 0 Å². The van der Waals surface area contributed by atoms with Crippen molar-refractivity contribution in [3.63, 3.8) is 0 Å². The van der Waals surface area contributed by atoms with Crippen LogP contribution in [-0.4, -0.2) is 185 Å². The van der Waals surface area contributed by atoms with Crippen LogP contribution in [0.3, 0.4) is 0 Å². The molecule has 80 heavy (non-hydrogen) atoms. The number of rotatable bonds is 0. The van der Waals surface area contributed by atoms with Crippen LogP contribution in [0, 0.1) is 27.1 Å². The van der Waals surface area contributed by atoms with Gasteiger partial charge in [0, 0.05) is 116 Å². The monoisotopic (exact) mass is 1120 g/mol. The first-order chi connectivity index (χ1) is 39.1. The molecule has 0 amide bonds. The van der Waals surface area contributed by atoms with Crippen LogP contribution in [0.4, 0.5) is 0 Å². The zero-order chi connectivity index (χ0) is 54.5. The third kappa shape index (κ3) is 16.1. The molecule has 10 spiro atoms. The fraction of sp³-hybridized carbons (Fsp3) is 1.00. The molecule has 1 unspecified atom stereocenters. The van der Waals surface area contributed by atoms with Crippen LogP contribution in [0.15, 0.2) is 0 Å². The third-order valence-electron chi connectivity index (χ3n) is 24.1. The van der Waals surface area contributed by atoms with Gasteiger partial charge in [-0.15, -0.1) is 0 Å². The Morgan fingerprint density at radius 3 is 0.912 bits per heavy atom. The van der Waals surface area contributed by atoms with Crippen LogP contribution in [0.25, 0.3) is 0 Å². The molecular weight excluding hydrogens is 999 g/mol. The molecule has 15 nitrogen and oxygen atoms in total. The Balaban J connectivity index is 0.0000000939. The van der Waals surface area contributed by atoms with Gasteiger partial charge in [0.1, 0.15) is 0 Å². The topological polar surface area (TPSA) is 169 Å². The summed E-state index contributed by atoms with van der Waals surface area (Å²) in [5.74, 6) is 0. The first kappa shape index (κ1) is 61.1. The summed E-state index contributed by atoms with van der Waals surface area (Å²) in [6.07, 6.45) is 43.6. The fourth-order valence-corrected chi connectivity index (χ4v) is 16.3. The van der Waals surface area contributed by atoms with E-state index in [1.165, 1.54) is 291 Å². The highest BCUT2D eigenvalue weighted by Crippen LogP contribution is 2.48. The van der Waals surface area contributed by atoms with Crippen molar-refractivity contribution >= 4 is 0 Å². The van der Waals surface area contributed by atoms with Gasteiger partial charge in [0.25, 0.3) is 0 Å². The summed E-state index contributed by atoms with van der Waals surface area (Å²) < 4.78 is 22.0. The van der Waals surface area contributed by atoms with Crippen molar-refractivity contribution < 1.29 is 18.9 Å². The smallest absolute Gasteiger partial charge is 0.0971 e. The molecule has 14 saturated heterocycles. The lowest BCUT2D eigenvalue weighted by Gasteiger charge is -2.50. The van der Waals surface area contributed by atoms with E-state index in [2.05, 4.69) is 58.5 Å². The van der Waals surface area contributed by atoms with E-state index < -0.39 is 0 Å². The summed E-state index contributed by atoms with van der Waals surface area (Å²) in [4.78, 5) is 0. The summed E-state index contributed by atoms with van der Waals surface area (Å²) in [5, 5.41) is 36.7. The molecule has 0 radical (unpaired) electrons. The molecule has 14 heterocycles. The molecule has 11 N–H and O–H groups in total. The predicted octanol–water partition coefficient (Wildman–Crippen LogP) is 6.36. The standard InChI is InChI=1S/C8H15NO.C8H14O.C7H13N.C7H12O.C6H12N2O.C6H12N2.3C6H11N.C5H10N2/c1-2-8(10-7-1)3-5-9-6-4-8;1-3-8(4-1)5-2-6-9-7-8;1-2-4-7(3-1)5-8-6-7;1-2-6-8-7(3-1)4-5-7;1-2-7-3-6(1)4-9-5-8-6;1-2-6(8-3-1)4-7-5-6;3*1-2-6(3-1)4-7-5-6;1-2-7-5(1)3-6-4-5/h9H,1-7H2;1-7H2;8H,1-6H2;1-6H2;7-8H,1-5H2;7-8H,1-5H2;3*7H,1-5H2;6-7H,1-4H2. The molecule has 6 saturated carbocycles. The van der Waals surface area contributed by atoms with E-state index in [1.54, 1.807) is 0 Å². The highest BCUT2D eigenvalue weighted by Gasteiger charge is 2.47. The number of ether oxygens (including phenoxy) is 4. The lowest BCUT2D eigenvalue weighted by molar-refractivity contribution is -0.0525. The van der Waals surface area contributed by atoms with Crippen LogP contribution in [-0.2, 0) is 18.9 Å². The van der Waals surface area contributed by atoms with Gasteiger partial charge in [-0.2, -0.15) is 0 Å². The normalized spacial score (nSPS) is 34.2. The van der Waals surface area contributed by atoms with Crippen molar-refractivity contribution in [2.75, 3.05) is 158 Å².